The summed E-state index contributed by atoms with van der Waals surface area (Å²) in [5.41, 5.74) is -4.23. The predicted octanol–water partition coefficient (Wildman–Crippen LogP) is 1.20. The molecule has 0 saturated heterocycles. The van der Waals surface area contributed by atoms with Crippen LogP contribution in [-0.2, 0) is 28.6 Å². The molecular formula is C24H20N2O10. The molecule has 186 valence electrons. The summed E-state index contributed by atoms with van der Waals surface area (Å²) in [5.74, 6) is -4.90. The van der Waals surface area contributed by atoms with Crippen molar-refractivity contribution in [2.75, 3.05) is 0 Å². The lowest BCUT2D eigenvalue weighted by Crippen LogP contribution is -2.55. The molecule has 2 aromatic rings. The third-order valence-corrected chi connectivity index (χ3v) is 6.09. The lowest BCUT2D eigenvalue weighted by atomic mass is 9.75. The van der Waals surface area contributed by atoms with Crippen molar-refractivity contribution in [1.29, 1.82) is 5.26 Å². The van der Waals surface area contributed by atoms with E-state index in [9.17, 15) is 39.4 Å². The van der Waals surface area contributed by atoms with Crippen LogP contribution >= 0.6 is 0 Å². The number of nitrogens with zero attached hydrogens (tertiary/aromatic N) is 2. The van der Waals surface area contributed by atoms with E-state index < -0.39 is 64.8 Å². The minimum absolute atomic E-state index is 0.183. The standard InChI is InChI=1S/C24H20N2O10/c1-9(27)34-21-16-15-17(20(32)14-12(19(15)31)6-5-7-13(14)30)26(8-25)18(16)22(35-10(2)28)24(4,33)23(21)36-11(3)29/h5-7,21-23,30,33H,1-4H3/t21-,22-,23-,24-/m1/s1. The maximum atomic E-state index is 13.7. The van der Waals surface area contributed by atoms with E-state index in [1.165, 1.54) is 18.2 Å². The summed E-state index contributed by atoms with van der Waals surface area (Å²) in [6, 6.07) is 3.83. The van der Waals surface area contributed by atoms with E-state index in [-0.39, 0.29) is 27.9 Å². The van der Waals surface area contributed by atoms with Crippen LogP contribution in [0.4, 0.5) is 0 Å². The van der Waals surface area contributed by atoms with Gasteiger partial charge in [0.1, 0.15) is 17.0 Å². The first-order valence-electron chi connectivity index (χ1n) is 10.7. The van der Waals surface area contributed by atoms with Crippen molar-refractivity contribution in [2.45, 2.75) is 51.6 Å². The number of fused-ring (bicyclic) bond motifs is 4. The first-order chi connectivity index (χ1) is 16.8. The second kappa shape index (κ2) is 8.31. The highest BCUT2D eigenvalue weighted by Crippen LogP contribution is 2.52. The summed E-state index contributed by atoms with van der Waals surface area (Å²) in [4.78, 5) is 63.2. The molecule has 1 aromatic carbocycles. The topological polar surface area (TPSA) is 182 Å². The van der Waals surface area contributed by atoms with Gasteiger partial charge in [0.2, 0.25) is 5.78 Å². The van der Waals surface area contributed by atoms with Gasteiger partial charge in [-0.05, 0) is 13.0 Å². The van der Waals surface area contributed by atoms with E-state index in [2.05, 4.69) is 0 Å². The molecule has 12 nitrogen and oxygen atoms in total. The zero-order valence-electron chi connectivity index (χ0n) is 19.5. The van der Waals surface area contributed by atoms with E-state index in [0.29, 0.717) is 4.57 Å². The second-order valence-electron chi connectivity index (χ2n) is 8.59. The van der Waals surface area contributed by atoms with Crippen LogP contribution in [0, 0.1) is 11.5 Å². The number of aromatic nitrogens is 1. The Kier molecular flexibility index (Phi) is 5.69. The second-order valence-corrected chi connectivity index (χ2v) is 8.59. The Balaban J connectivity index is 2.15. The average Bonchev–Trinajstić information content (AvgIpc) is 3.12. The van der Waals surface area contributed by atoms with Crippen LogP contribution in [0.15, 0.2) is 18.2 Å². The van der Waals surface area contributed by atoms with Gasteiger partial charge in [-0.15, -0.1) is 0 Å². The Bertz CT molecular complexity index is 1410. The Hall–Kier alpha value is -4.50. The third kappa shape index (κ3) is 3.44. The van der Waals surface area contributed by atoms with Gasteiger partial charge in [0.25, 0.3) is 0 Å². The minimum Gasteiger partial charge on any atom is -0.507 e. The first-order valence-corrected chi connectivity index (χ1v) is 10.7. The molecular weight excluding hydrogens is 476 g/mol. The summed E-state index contributed by atoms with van der Waals surface area (Å²) < 4.78 is 16.7. The number of phenols is 1. The fourth-order valence-electron chi connectivity index (χ4n) is 4.81. The summed E-state index contributed by atoms with van der Waals surface area (Å²) in [7, 11) is 0. The van der Waals surface area contributed by atoms with Gasteiger partial charge in [0.05, 0.1) is 16.8 Å². The summed E-state index contributed by atoms with van der Waals surface area (Å²) in [5, 5.41) is 31.8. The molecule has 2 aliphatic carbocycles. The molecule has 2 N–H and O–H groups in total. The number of esters is 3. The summed E-state index contributed by atoms with van der Waals surface area (Å²) >= 11 is 0. The number of phenolic OH excluding ortho intramolecular Hbond substituents is 1. The first kappa shape index (κ1) is 24.6. The lowest BCUT2D eigenvalue weighted by Gasteiger charge is -2.45. The smallest absolute Gasteiger partial charge is 0.303 e. The SMILES string of the molecule is CC(=O)O[C@@H]1c2c3c(n(C#N)c2[C@@H](OC(C)=O)[C@@](C)(O)[C@@H]1OC(C)=O)C(=O)c1c(O)cccc1C3=O. The molecule has 12 heteroatoms. The number of aromatic hydroxyl groups is 1. The Morgan fingerprint density at radius 1 is 1.00 bits per heavy atom. The molecule has 0 amide bonds. The number of hydrogen-bond acceptors (Lipinski definition) is 11. The van der Waals surface area contributed by atoms with Gasteiger partial charge in [-0.2, -0.15) is 5.26 Å². The highest BCUT2D eigenvalue weighted by Gasteiger charge is 2.60. The van der Waals surface area contributed by atoms with Gasteiger partial charge < -0.3 is 24.4 Å². The molecule has 0 fully saturated rings. The Morgan fingerprint density at radius 3 is 2.17 bits per heavy atom. The van der Waals surface area contributed by atoms with Crippen LogP contribution in [-0.4, -0.2) is 56.0 Å². The van der Waals surface area contributed by atoms with Gasteiger partial charge in [-0.1, -0.05) is 12.1 Å². The quantitative estimate of drug-likeness (QED) is 0.392. The lowest BCUT2D eigenvalue weighted by molar-refractivity contribution is -0.221. The molecule has 36 heavy (non-hydrogen) atoms. The number of ether oxygens (including phenoxy) is 3. The van der Waals surface area contributed by atoms with Crippen LogP contribution in [0.3, 0.4) is 0 Å². The molecule has 0 saturated carbocycles. The number of hydrogen-bond donors (Lipinski definition) is 2. The molecule has 0 bridgehead atoms. The highest BCUT2D eigenvalue weighted by molar-refractivity contribution is 6.29. The van der Waals surface area contributed by atoms with Crippen molar-refractivity contribution in [2.24, 2.45) is 0 Å². The molecule has 1 aromatic heterocycles. The van der Waals surface area contributed by atoms with E-state index >= 15 is 0 Å². The van der Waals surface area contributed by atoms with Crippen LogP contribution in [0.5, 0.6) is 5.75 Å². The molecule has 0 aliphatic heterocycles. The zero-order valence-corrected chi connectivity index (χ0v) is 19.5. The number of aliphatic hydroxyl groups is 1. The van der Waals surface area contributed by atoms with Crippen LogP contribution in [0.2, 0.25) is 0 Å². The molecule has 0 radical (unpaired) electrons. The van der Waals surface area contributed by atoms with Gasteiger partial charge in [0.15, 0.2) is 30.3 Å². The number of carbonyl (C=O) groups excluding carboxylic acids is 5. The molecule has 1 heterocycles. The normalized spacial score (nSPS) is 24.1. The van der Waals surface area contributed by atoms with Crippen LogP contribution in [0.25, 0.3) is 0 Å². The average molecular weight is 496 g/mol. The molecule has 0 unspecified atom stereocenters. The number of benzene rings is 1. The van der Waals surface area contributed by atoms with Crippen LogP contribution in [0.1, 0.15) is 83.1 Å². The maximum absolute atomic E-state index is 13.7. The van der Waals surface area contributed by atoms with Crippen molar-refractivity contribution in [3.05, 3.63) is 51.8 Å². The van der Waals surface area contributed by atoms with Crippen molar-refractivity contribution < 1.29 is 48.4 Å². The number of ketones is 2. The summed E-state index contributed by atoms with van der Waals surface area (Å²) in [6.07, 6.45) is -3.36. The van der Waals surface area contributed by atoms with E-state index in [4.69, 9.17) is 14.2 Å². The van der Waals surface area contributed by atoms with Gasteiger partial charge in [0, 0.05) is 31.9 Å². The monoisotopic (exact) mass is 496 g/mol. The zero-order chi connectivity index (χ0) is 26.7. The van der Waals surface area contributed by atoms with Gasteiger partial charge in [-0.3, -0.25) is 24.0 Å². The maximum Gasteiger partial charge on any atom is 0.303 e. The highest BCUT2D eigenvalue weighted by atomic mass is 16.6. The minimum atomic E-state index is -2.29. The molecule has 4 atom stereocenters. The fourth-order valence-corrected chi connectivity index (χ4v) is 4.81. The van der Waals surface area contributed by atoms with E-state index in [1.807, 2.05) is 0 Å². The van der Waals surface area contributed by atoms with E-state index in [1.54, 1.807) is 6.19 Å². The number of carbonyl (C=O) groups is 5. The number of nitriles is 1. The predicted molar refractivity (Wildman–Crippen MR) is 116 cm³/mol. The van der Waals surface area contributed by atoms with E-state index in [0.717, 1.165) is 27.7 Å². The van der Waals surface area contributed by atoms with Gasteiger partial charge in [-0.25, -0.2) is 4.57 Å². The van der Waals surface area contributed by atoms with Crippen molar-refractivity contribution in [1.82, 2.24) is 4.57 Å². The van der Waals surface area contributed by atoms with Crippen LogP contribution < -0.4 is 0 Å². The van der Waals surface area contributed by atoms with Crippen molar-refractivity contribution in [3.63, 3.8) is 0 Å². The Labute approximate surface area is 203 Å². The van der Waals surface area contributed by atoms with Crippen molar-refractivity contribution in [3.8, 4) is 11.9 Å². The summed E-state index contributed by atoms with van der Waals surface area (Å²) in [6.45, 7) is 4.22. The fraction of sp³-hybridized carbons (Fsp3) is 0.333. The molecule has 0 spiro atoms. The largest absolute Gasteiger partial charge is 0.507 e. The number of rotatable bonds is 3. The molecule has 4 rings (SSSR count). The van der Waals surface area contributed by atoms with Crippen molar-refractivity contribution >= 4 is 29.5 Å². The van der Waals surface area contributed by atoms with Gasteiger partial charge >= 0.3 is 17.9 Å². The molecule has 2 aliphatic rings. The Morgan fingerprint density at radius 2 is 1.61 bits per heavy atom. The third-order valence-electron chi connectivity index (χ3n) is 6.09.